The van der Waals surface area contributed by atoms with E-state index in [9.17, 15) is 4.79 Å². The maximum absolute atomic E-state index is 11.9. The van der Waals surface area contributed by atoms with Crippen LogP contribution in [0.2, 0.25) is 0 Å². The van der Waals surface area contributed by atoms with Gasteiger partial charge in [0.15, 0.2) is 5.78 Å². The van der Waals surface area contributed by atoms with Crippen LogP contribution in [0.5, 0.6) is 0 Å². The first-order valence-electron chi connectivity index (χ1n) is 6.23. The van der Waals surface area contributed by atoms with Crippen LogP contribution in [0.1, 0.15) is 23.2 Å². The smallest absolute Gasteiger partial charge is 0.162 e. The number of rotatable bonds is 6. The maximum atomic E-state index is 11.9. The monoisotopic (exact) mass is 334 g/mol. The molecular formula is C16H15BrOS. The van der Waals surface area contributed by atoms with Crippen LogP contribution in [-0.2, 0) is 0 Å². The summed E-state index contributed by atoms with van der Waals surface area (Å²) in [5, 5.41) is 0. The van der Waals surface area contributed by atoms with Crippen LogP contribution < -0.4 is 0 Å². The Morgan fingerprint density at radius 2 is 1.68 bits per heavy atom. The zero-order valence-corrected chi connectivity index (χ0v) is 12.9. The highest BCUT2D eigenvalue weighted by Gasteiger charge is 2.05. The average molecular weight is 335 g/mol. The van der Waals surface area contributed by atoms with Crippen LogP contribution in [0, 0.1) is 0 Å². The summed E-state index contributed by atoms with van der Waals surface area (Å²) in [6.07, 6.45) is 1.52. The highest BCUT2D eigenvalue weighted by Crippen LogP contribution is 2.27. The summed E-state index contributed by atoms with van der Waals surface area (Å²) < 4.78 is 1.12. The average Bonchev–Trinajstić information content (AvgIpc) is 2.46. The lowest BCUT2D eigenvalue weighted by Gasteiger charge is -2.04. The molecule has 2 aromatic carbocycles. The molecule has 1 nitrogen and oxygen atoms in total. The second kappa shape index (κ2) is 7.51. The predicted octanol–water partition coefficient (Wildman–Crippen LogP) is 5.20. The Morgan fingerprint density at radius 3 is 2.42 bits per heavy atom. The summed E-state index contributed by atoms with van der Waals surface area (Å²) in [7, 11) is 0. The van der Waals surface area contributed by atoms with Gasteiger partial charge in [0, 0.05) is 21.4 Å². The van der Waals surface area contributed by atoms with Gasteiger partial charge in [0.2, 0.25) is 0 Å². The molecule has 0 aromatic heterocycles. The van der Waals surface area contributed by atoms with Crippen molar-refractivity contribution < 1.29 is 4.79 Å². The number of carbonyl (C=O) groups is 1. The number of ketones is 1. The summed E-state index contributed by atoms with van der Waals surface area (Å²) >= 11 is 5.31. The fraction of sp³-hybridized carbons (Fsp3) is 0.188. The normalized spacial score (nSPS) is 10.4. The molecule has 0 amide bonds. The molecule has 3 heteroatoms. The molecule has 0 atom stereocenters. The highest BCUT2D eigenvalue weighted by molar-refractivity contribution is 9.10. The Morgan fingerprint density at radius 1 is 1.00 bits per heavy atom. The van der Waals surface area contributed by atoms with E-state index in [1.807, 2.05) is 48.5 Å². The van der Waals surface area contributed by atoms with Crippen molar-refractivity contribution in [3.05, 3.63) is 64.6 Å². The molecule has 2 aromatic rings. The summed E-state index contributed by atoms with van der Waals surface area (Å²) in [6.45, 7) is 0. The predicted molar refractivity (Wildman–Crippen MR) is 84.9 cm³/mol. The van der Waals surface area contributed by atoms with E-state index in [2.05, 4.69) is 22.0 Å². The van der Waals surface area contributed by atoms with Crippen LogP contribution in [0.3, 0.4) is 0 Å². The molecule has 2 rings (SSSR count). The van der Waals surface area contributed by atoms with Crippen LogP contribution in [0.15, 0.2) is 64.0 Å². The van der Waals surface area contributed by atoms with Gasteiger partial charge in [-0.2, -0.15) is 0 Å². The van der Waals surface area contributed by atoms with E-state index in [0.717, 1.165) is 22.2 Å². The van der Waals surface area contributed by atoms with Crippen molar-refractivity contribution in [2.24, 2.45) is 0 Å². The third kappa shape index (κ3) is 4.51. The van der Waals surface area contributed by atoms with Gasteiger partial charge in [-0.25, -0.2) is 0 Å². The van der Waals surface area contributed by atoms with Crippen molar-refractivity contribution in [1.82, 2.24) is 0 Å². The van der Waals surface area contributed by atoms with Gasteiger partial charge in [0.1, 0.15) is 0 Å². The van der Waals surface area contributed by atoms with Crippen molar-refractivity contribution in [2.75, 3.05) is 5.75 Å². The Balaban J connectivity index is 1.76. The third-order valence-electron chi connectivity index (χ3n) is 2.74. The third-order valence-corrected chi connectivity index (χ3v) is 4.85. The minimum Gasteiger partial charge on any atom is -0.294 e. The van der Waals surface area contributed by atoms with Gasteiger partial charge < -0.3 is 0 Å². The number of carbonyl (C=O) groups excluding carboxylic acids is 1. The molecule has 0 radical (unpaired) electrons. The Labute approximate surface area is 126 Å². The molecule has 0 N–H and O–H groups in total. The molecular weight excluding hydrogens is 320 g/mol. The van der Waals surface area contributed by atoms with Crippen molar-refractivity contribution in [3.8, 4) is 0 Å². The molecule has 19 heavy (non-hydrogen) atoms. The van der Waals surface area contributed by atoms with Crippen LogP contribution in [-0.4, -0.2) is 11.5 Å². The van der Waals surface area contributed by atoms with Crippen molar-refractivity contribution in [2.45, 2.75) is 17.7 Å². The van der Waals surface area contributed by atoms with E-state index in [4.69, 9.17) is 0 Å². The Bertz CT molecular complexity index is 539. The van der Waals surface area contributed by atoms with E-state index >= 15 is 0 Å². The highest BCUT2D eigenvalue weighted by atomic mass is 79.9. The maximum Gasteiger partial charge on any atom is 0.162 e. The Kier molecular flexibility index (Phi) is 5.67. The van der Waals surface area contributed by atoms with Gasteiger partial charge in [-0.1, -0.05) is 42.5 Å². The Hall–Kier alpha value is -1.06. The van der Waals surface area contributed by atoms with E-state index in [1.165, 1.54) is 4.90 Å². The number of thioether (sulfide) groups is 1. The van der Waals surface area contributed by atoms with E-state index in [0.29, 0.717) is 6.42 Å². The van der Waals surface area contributed by atoms with Gasteiger partial charge in [-0.3, -0.25) is 4.79 Å². The minimum atomic E-state index is 0.230. The quantitative estimate of drug-likeness (QED) is 0.410. The summed E-state index contributed by atoms with van der Waals surface area (Å²) in [4.78, 5) is 13.1. The number of hydrogen-bond acceptors (Lipinski definition) is 2. The molecule has 0 aliphatic rings. The molecule has 0 bridgehead atoms. The number of Topliss-reactive ketones (excluding diaryl/α,β-unsaturated/α-hetero) is 1. The number of hydrogen-bond donors (Lipinski definition) is 0. The SMILES string of the molecule is O=C(CCCSc1ccccc1Br)c1ccccc1. The van der Waals surface area contributed by atoms with Gasteiger partial charge in [0.25, 0.3) is 0 Å². The standard InChI is InChI=1S/C16H15BrOS/c17-14-9-4-5-11-16(14)19-12-6-10-15(18)13-7-2-1-3-8-13/h1-5,7-9,11H,6,10,12H2. The lowest BCUT2D eigenvalue weighted by atomic mass is 10.1. The topological polar surface area (TPSA) is 17.1 Å². The van der Waals surface area contributed by atoms with Crippen LogP contribution in [0.25, 0.3) is 0 Å². The second-order valence-corrected chi connectivity index (χ2v) is 6.16. The zero-order valence-electron chi connectivity index (χ0n) is 10.5. The zero-order chi connectivity index (χ0) is 13.5. The lowest BCUT2D eigenvalue weighted by molar-refractivity contribution is 0.0982. The second-order valence-electron chi connectivity index (χ2n) is 4.17. The first-order valence-corrected chi connectivity index (χ1v) is 8.01. The molecule has 0 saturated carbocycles. The van der Waals surface area contributed by atoms with Crippen molar-refractivity contribution >= 4 is 33.5 Å². The summed E-state index contributed by atoms with van der Waals surface area (Å²) in [5.74, 6) is 1.19. The molecule has 0 fully saturated rings. The van der Waals surface area contributed by atoms with Crippen molar-refractivity contribution in [3.63, 3.8) is 0 Å². The van der Waals surface area contributed by atoms with Gasteiger partial charge in [-0.15, -0.1) is 11.8 Å². The molecule has 0 spiro atoms. The lowest BCUT2D eigenvalue weighted by Crippen LogP contribution is -1.99. The van der Waals surface area contributed by atoms with Gasteiger partial charge in [-0.05, 0) is 40.2 Å². The van der Waals surface area contributed by atoms with Gasteiger partial charge >= 0.3 is 0 Å². The van der Waals surface area contributed by atoms with Crippen molar-refractivity contribution in [1.29, 1.82) is 0 Å². The fourth-order valence-electron chi connectivity index (χ4n) is 1.75. The van der Waals surface area contributed by atoms with Crippen LogP contribution in [0.4, 0.5) is 0 Å². The first-order chi connectivity index (χ1) is 9.27. The summed E-state index contributed by atoms with van der Waals surface area (Å²) in [5.41, 5.74) is 0.813. The molecule has 0 aliphatic carbocycles. The first kappa shape index (κ1) is 14.4. The minimum absolute atomic E-state index is 0.230. The largest absolute Gasteiger partial charge is 0.294 e. The van der Waals surface area contributed by atoms with E-state index in [-0.39, 0.29) is 5.78 Å². The molecule has 0 saturated heterocycles. The molecule has 0 heterocycles. The molecule has 0 aliphatic heterocycles. The van der Waals surface area contributed by atoms with Crippen LogP contribution >= 0.6 is 27.7 Å². The fourth-order valence-corrected chi connectivity index (χ4v) is 3.26. The summed E-state index contributed by atoms with van der Waals surface area (Å²) in [6, 6.07) is 17.7. The van der Waals surface area contributed by atoms with E-state index < -0.39 is 0 Å². The molecule has 98 valence electrons. The van der Waals surface area contributed by atoms with Gasteiger partial charge in [0.05, 0.1) is 0 Å². The van der Waals surface area contributed by atoms with E-state index in [1.54, 1.807) is 11.8 Å². The number of halogens is 1. The number of benzene rings is 2. The molecule has 0 unspecified atom stereocenters.